The van der Waals surface area contributed by atoms with Crippen molar-refractivity contribution in [1.82, 2.24) is 4.90 Å². The van der Waals surface area contributed by atoms with Crippen LogP contribution in [0.4, 0.5) is 13.2 Å². The van der Waals surface area contributed by atoms with Crippen LogP contribution in [0.2, 0.25) is 0 Å². The summed E-state index contributed by atoms with van der Waals surface area (Å²) in [5.74, 6) is -2.58. The Morgan fingerprint density at radius 3 is 2.64 bits per heavy atom. The first-order chi connectivity index (χ1) is 10.3. The van der Waals surface area contributed by atoms with Gasteiger partial charge < -0.3 is 9.84 Å². The van der Waals surface area contributed by atoms with Gasteiger partial charge in [-0.25, -0.2) is 4.79 Å². The Balaban J connectivity index is 2.06. The van der Waals surface area contributed by atoms with Gasteiger partial charge in [-0.05, 0) is 24.8 Å². The maximum atomic E-state index is 12.6. The number of rotatable bonds is 2. The molecule has 0 aromatic rings. The molecular weight excluding hydrogens is 303 g/mol. The third kappa shape index (κ3) is 2.05. The summed E-state index contributed by atoms with van der Waals surface area (Å²) in [4.78, 5) is 24.5. The topological polar surface area (TPSA) is 66.8 Å². The fourth-order valence-electron chi connectivity index (χ4n) is 3.77. The van der Waals surface area contributed by atoms with Gasteiger partial charge in [0.15, 0.2) is 0 Å². The predicted molar refractivity (Wildman–Crippen MR) is 67.6 cm³/mol. The quantitative estimate of drug-likeness (QED) is 0.623. The van der Waals surface area contributed by atoms with Crippen molar-refractivity contribution < 1.29 is 32.6 Å². The van der Waals surface area contributed by atoms with E-state index in [1.807, 2.05) is 0 Å². The van der Waals surface area contributed by atoms with E-state index in [4.69, 9.17) is 4.74 Å². The average molecular weight is 317 g/mol. The summed E-state index contributed by atoms with van der Waals surface area (Å²) in [7, 11) is 1.43. The number of carbonyl (C=O) groups excluding carboxylic acids is 1. The van der Waals surface area contributed by atoms with Gasteiger partial charge in [0.1, 0.15) is 5.70 Å². The molecule has 3 aliphatic rings. The number of alkyl halides is 3. The number of hydrogen-bond acceptors (Lipinski definition) is 3. The van der Waals surface area contributed by atoms with Gasteiger partial charge in [0.2, 0.25) is 0 Å². The van der Waals surface area contributed by atoms with Crippen LogP contribution in [-0.2, 0) is 14.3 Å². The van der Waals surface area contributed by atoms with Crippen molar-refractivity contribution in [3.8, 4) is 0 Å². The summed E-state index contributed by atoms with van der Waals surface area (Å²) in [6.45, 7) is 0. The maximum Gasteiger partial charge on any atom is 0.410 e. The summed E-state index contributed by atoms with van der Waals surface area (Å²) in [5.41, 5.74) is -0.112. The van der Waals surface area contributed by atoms with Crippen LogP contribution in [0.5, 0.6) is 0 Å². The van der Waals surface area contributed by atoms with Crippen LogP contribution in [-0.4, -0.2) is 47.3 Å². The Morgan fingerprint density at radius 2 is 2.09 bits per heavy atom. The van der Waals surface area contributed by atoms with E-state index >= 15 is 0 Å². The highest BCUT2D eigenvalue weighted by atomic mass is 19.4. The van der Waals surface area contributed by atoms with Crippen molar-refractivity contribution in [2.45, 2.75) is 37.6 Å². The summed E-state index contributed by atoms with van der Waals surface area (Å²) >= 11 is 0. The van der Waals surface area contributed by atoms with E-state index in [9.17, 15) is 27.9 Å². The Labute approximate surface area is 124 Å². The summed E-state index contributed by atoms with van der Waals surface area (Å²) < 4.78 is 43.0. The van der Waals surface area contributed by atoms with Gasteiger partial charge in [0.05, 0.1) is 12.1 Å². The number of allylic oxidation sites excluding steroid dienone is 1. The predicted octanol–water partition coefficient (Wildman–Crippen LogP) is 1.85. The molecule has 2 fully saturated rings. The van der Waals surface area contributed by atoms with E-state index in [1.54, 1.807) is 0 Å². The largest absolute Gasteiger partial charge is 0.477 e. The second-order valence-electron chi connectivity index (χ2n) is 5.63. The molecule has 0 aromatic heterocycles. The molecule has 1 amide bonds. The molecule has 0 aromatic carbocycles. The highest BCUT2D eigenvalue weighted by Gasteiger charge is 2.59. The number of aliphatic carboxylic acids is 1. The molecule has 0 radical (unpaired) electrons. The van der Waals surface area contributed by atoms with Gasteiger partial charge in [-0.15, -0.1) is 0 Å². The molecule has 2 heterocycles. The molecule has 0 unspecified atom stereocenters. The fourth-order valence-corrected chi connectivity index (χ4v) is 3.77. The molecule has 0 spiro atoms. The van der Waals surface area contributed by atoms with E-state index in [0.717, 1.165) is 11.3 Å². The standard InChI is InChI=1S/C14H14F3NO4/c1-22-8-4-2-3-6-9(8)11(13(20)21)18-10(6)7(12(18)19)5-14(15,16)17/h5-6,8,10H,2-4H2,1H3,(H,20,21)/t6-,8-,10+/m0/s1. The number of nitrogens with zero attached hydrogens (tertiary/aromatic N) is 1. The van der Waals surface area contributed by atoms with Crippen LogP contribution in [0, 0.1) is 5.92 Å². The van der Waals surface area contributed by atoms with Gasteiger partial charge >= 0.3 is 12.1 Å². The number of carboxylic acids is 1. The van der Waals surface area contributed by atoms with Gasteiger partial charge in [0.25, 0.3) is 5.91 Å². The molecule has 1 aliphatic carbocycles. The average Bonchev–Trinajstić information content (AvgIpc) is 2.75. The van der Waals surface area contributed by atoms with Crippen LogP contribution in [0.3, 0.4) is 0 Å². The van der Waals surface area contributed by atoms with Crippen molar-refractivity contribution in [3.63, 3.8) is 0 Å². The first-order valence-corrected chi connectivity index (χ1v) is 6.89. The fraction of sp³-hybridized carbons (Fsp3) is 0.571. The third-order valence-corrected chi connectivity index (χ3v) is 4.49. The van der Waals surface area contributed by atoms with Gasteiger partial charge in [-0.2, -0.15) is 13.2 Å². The molecule has 3 atom stereocenters. The number of β-lactam (4-membered cyclic amide) rings is 1. The molecule has 3 rings (SSSR count). The molecule has 1 N–H and O–H groups in total. The Kier molecular flexibility index (Phi) is 3.32. The number of carboxylic acid groups (broad SMARTS) is 1. The van der Waals surface area contributed by atoms with Crippen molar-refractivity contribution >= 4 is 11.9 Å². The minimum absolute atomic E-state index is 0.00464. The summed E-state index contributed by atoms with van der Waals surface area (Å²) in [6, 6.07) is -0.826. The van der Waals surface area contributed by atoms with Crippen molar-refractivity contribution in [2.24, 2.45) is 5.92 Å². The third-order valence-electron chi connectivity index (χ3n) is 4.49. The van der Waals surface area contributed by atoms with E-state index in [-0.39, 0.29) is 17.3 Å². The van der Waals surface area contributed by atoms with E-state index in [0.29, 0.717) is 18.4 Å². The van der Waals surface area contributed by atoms with Gasteiger partial charge in [-0.3, -0.25) is 9.69 Å². The first kappa shape index (κ1) is 15.1. The number of ether oxygens (including phenoxy) is 1. The van der Waals surface area contributed by atoms with E-state index in [2.05, 4.69) is 0 Å². The first-order valence-electron chi connectivity index (χ1n) is 6.89. The van der Waals surface area contributed by atoms with Crippen LogP contribution in [0.15, 0.2) is 22.9 Å². The molecule has 8 heteroatoms. The smallest absolute Gasteiger partial charge is 0.410 e. The lowest BCUT2D eigenvalue weighted by Crippen LogP contribution is -2.55. The minimum Gasteiger partial charge on any atom is -0.477 e. The zero-order chi connectivity index (χ0) is 16.2. The van der Waals surface area contributed by atoms with Gasteiger partial charge in [0, 0.05) is 24.7 Å². The van der Waals surface area contributed by atoms with Crippen LogP contribution in [0.1, 0.15) is 19.3 Å². The van der Waals surface area contributed by atoms with Crippen molar-refractivity contribution in [1.29, 1.82) is 0 Å². The Morgan fingerprint density at radius 1 is 1.41 bits per heavy atom. The number of carbonyl (C=O) groups is 2. The van der Waals surface area contributed by atoms with Crippen LogP contribution >= 0.6 is 0 Å². The SMILES string of the molecule is CO[C@H]1CCC[C@H]2C1=C(C(=O)O)N1C(=O)C(=CC(F)(F)F)[C@@H]21. The summed E-state index contributed by atoms with van der Waals surface area (Å²) in [5, 5.41) is 9.38. The van der Waals surface area contributed by atoms with Gasteiger partial charge in [-0.1, -0.05) is 0 Å². The second-order valence-corrected chi connectivity index (χ2v) is 5.63. The lowest BCUT2D eigenvalue weighted by Gasteiger charge is -2.42. The molecule has 5 nitrogen and oxygen atoms in total. The summed E-state index contributed by atoms with van der Waals surface area (Å²) in [6.07, 6.45) is -3.19. The lowest BCUT2D eigenvalue weighted by molar-refractivity contribution is -0.143. The second kappa shape index (κ2) is 4.84. The van der Waals surface area contributed by atoms with E-state index < -0.39 is 36.1 Å². The normalized spacial score (nSPS) is 32.9. The minimum atomic E-state index is -4.60. The number of methoxy groups -OCH3 is 1. The molecule has 2 aliphatic heterocycles. The zero-order valence-electron chi connectivity index (χ0n) is 11.7. The van der Waals surface area contributed by atoms with Crippen LogP contribution < -0.4 is 0 Å². The Bertz CT molecular complexity index is 608. The monoisotopic (exact) mass is 317 g/mol. The maximum absolute atomic E-state index is 12.6. The van der Waals surface area contributed by atoms with E-state index in [1.165, 1.54) is 7.11 Å². The molecule has 1 saturated carbocycles. The highest BCUT2D eigenvalue weighted by Crippen LogP contribution is 2.52. The number of hydrogen-bond donors (Lipinski definition) is 1. The lowest BCUT2D eigenvalue weighted by atomic mass is 9.75. The molecule has 0 bridgehead atoms. The van der Waals surface area contributed by atoms with Crippen molar-refractivity contribution in [3.05, 3.63) is 22.9 Å². The number of fused-ring (bicyclic) bond motifs is 3. The molecule has 1 saturated heterocycles. The molecular formula is C14H14F3NO4. The number of halogens is 3. The van der Waals surface area contributed by atoms with Crippen LogP contribution in [0.25, 0.3) is 0 Å². The molecule has 22 heavy (non-hydrogen) atoms. The molecule has 120 valence electrons. The highest BCUT2D eigenvalue weighted by molar-refractivity contribution is 6.09. The zero-order valence-corrected chi connectivity index (χ0v) is 11.7. The van der Waals surface area contributed by atoms with Crippen molar-refractivity contribution in [2.75, 3.05) is 7.11 Å². The number of amides is 1. The Hall–Kier alpha value is -1.83.